The molecule has 0 unspecified atom stereocenters. The van der Waals surface area contributed by atoms with Crippen molar-refractivity contribution in [3.8, 4) is 11.5 Å². The van der Waals surface area contributed by atoms with E-state index in [4.69, 9.17) is 0 Å². The second-order valence-electron chi connectivity index (χ2n) is 2.79. The monoisotopic (exact) mass is 238 g/mol. The average Bonchev–Trinajstić information content (AvgIpc) is 2.12. The minimum absolute atomic E-state index is 0.175. The predicted molar refractivity (Wildman–Crippen MR) is 55.0 cm³/mol. The largest absolute Gasteiger partial charge is 0.507 e. The summed E-state index contributed by atoms with van der Waals surface area (Å²) in [6, 6.07) is 8.30. The third-order valence-electron chi connectivity index (χ3n) is 1.93. The molecule has 0 saturated carbocycles. The highest BCUT2D eigenvalue weighted by Crippen LogP contribution is 2.33. The fourth-order valence-electron chi connectivity index (χ4n) is 1.29. The molecule has 13 heavy (non-hydrogen) atoms. The first-order valence-corrected chi connectivity index (χ1v) is 4.58. The molecule has 0 radical (unpaired) electrons. The molecule has 3 heteroatoms. The van der Waals surface area contributed by atoms with Crippen molar-refractivity contribution in [3.63, 3.8) is 0 Å². The number of halogens is 1. The van der Waals surface area contributed by atoms with Gasteiger partial charge in [0.2, 0.25) is 0 Å². The van der Waals surface area contributed by atoms with Crippen LogP contribution in [-0.2, 0) is 0 Å². The Kier molecular flexibility index (Phi) is 1.88. The highest BCUT2D eigenvalue weighted by Gasteiger charge is 2.03. The second kappa shape index (κ2) is 2.92. The Morgan fingerprint density at radius 3 is 2.15 bits per heavy atom. The van der Waals surface area contributed by atoms with Gasteiger partial charge in [0.05, 0.1) is 0 Å². The third kappa shape index (κ3) is 1.35. The zero-order valence-corrected chi connectivity index (χ0v) is 8.25. The van der Waals surface area contributed by atoms with E-state index in [0.29, 0.717) is 10.8 Å². The summed E-state index contributed by atoms with van der Waals surface area (Å²) in [5, 5.41) is 20.3. The van der Waals surface area contributed by atoms with Crippen molar-refractivity contribution >= 4 is 26.7 Å². The van der Waals surface area contributed by atoms with E-state index in [-0.39, 0.29) is 11.5 Å². The van der Waals surface area contributed by atoms with Crippen molar-refractivity contribution in [2.75, 3.05) is 0 Å². The highest BCUT2D eigenvalue weighted by atomic mass is 79.9. The number of hydrogen-bond donors (Lipinski definition) is 2. The maximum Gasteiger partial charge on any atom is 0.123 e. The number of fused-ring (bicyclic) bond motifs is 1. The molecule has 2 aromatic rings. The Morgan fingerprint density at radius 1 is 0.846 bits per heavy atom. The van der Waals surface area contributed by atoms with Gasteiger partial charge in [0.15, 0.2) is 0 Å². The van der Waals surface area contributed by atoms with Crippen LogP contribution in [0.4, 0.5) is 0 Å². The lowest BCUT2D eigenvalue weighted by Crippen LogP contribution is -1.75. The summed E-state index contributed by atoms with van der Waals surface area (Å²) in [4.78, 5) is 0. The summed E-state index contributed by atoms with van der Waals surface area (Å²) in [5.74, 6) is 0.356. The minimum atomic E-state index is 0.175. The molecule has 0 amide bonds. The topological polar surface area (TPSA) is 40.5 Å². The second-order valence-corrected chi connectivity index (χ2v) is 3.71. The Hall–Kier alpha value is -1.22. The molecule has 0 fully saturated rings. The van der Waals surface area contributed by atoms with E-state index < -0.39 is 0 Å². The van der Waals surface area contributed by atoms with E-state index in [1.807, 2.05) is 6.07 Å². The Bertz CT molecular complexity index is 466. The van der Waals surface area contributed by atoms with Gasteiger partial charge in [0.1, 0.15) is 11.5 Å². The summed E-state index contributed by atoms with van der Waals surface area (Å²) >= 11 is 3.30. The molecule has 2 N–H and O–H groups in total. The summed E-state index contributed by atoms with van der Waals surface area (Å²) in [6.45, 7) is 0. The van der Waals surface area contributed by atoms with Gasteiger partial charge in [-0.3, -0.25) is 0 Å². The molecule has 0 aliphatic carbocycles. The van der Waals surface area contributed by atoms with Crippen LogP contribution < -0.4 is 0 Å². The Morgan fingerprint density at radius 2 is 1.46 bits per heavy atom. The number of aromatic hydroxyl groups is 2. The molecule has 0 saturated heterocycles. The van der Waals surface area contributed by atoms with Gasteiger partial charge in [0.25, 0.3) is 0 Å². The van der Waals surface area contributed by atoms with E-state index in [0.717, 1.165) is 4.47 Å². The van der Waals surface area contributed by atoms with Crippen molar-refractivity contribution in [3.05, 3.63) is 34.8 Å². The van der Waals surface area contributed by atoms with Crippen molar-refractivity contribution in [2.24, 2.45) is 0 Å². The Balaban J connectivity index is 2.92. The van der Waals surface area contributed by atoms with Gasteiger partial charge in [-0.15, -0.1) is 0 Å². The van der Waals surface area contributed by atoms with Crippen molar-refractivity contribution in [2.45, 2.75) is 0 Å². The van der Waals surface area contributed by atoms with Crippen LogP contribution in [0.15, 0.2) is 34.8 Å². The van der Waals surface area contributed by atoms with Gasteiger partial charge in [-0.1, -0.05) is 15.9 Å². The van der Waals surface area contributed by atoms with E-state index >= 15 is 0 Å². The molecule has 0 aliphatic heterocycles. The van der Waals surface area contributed by atoms with Crippen LogP contribution in [0.3, 0.4) is 0 Å². The average molecular weight is 239 g/mol. The molecule has 0 aromatic heterocycles. The normalized spacial score (nSPS) is 10.5. The van der Waals surface area contributed by atoms with Crippen LogP contribution in [0.5, 0.6) is 11.5 Å². The molecular weight excluding hydrogens is 232 g/mol. The van der Waals surface area contributed by atoms with Crippen LogP contribution in [0.2, 0.25) is 0 Å². The smallest absolute Gasteiger partial charge is 0.123 e. The molecule has 0 heterocycles. The first kappa shape index (κ1) is 8.38. The highest BCUT2D eigenvalue weighted by molar-refractivity contribution is 9.10. The van der Waals surface area contributed by atoms with Gasteiger partial charge >= 0.3 is 0 Å². The number of phenolic OH excluding ortho intramolecular Hbond substituents is 2. The standard InChI is InChI=1S/C10H7BrO2/c11-6-1-2-7-8(5-6)10(13)4-3-9(7)12/h1-5,12-13H. The number of rotatable bonds is 0. The lowest BCUT2D eigenvalue weighted by atomic mass is 10.1. The molecular formula is C10H7BrO2. The molecule has 2 aromatic carbocycles. The lowest BCUT2D eigenvalue weighted by molar-refractivity contribution is 0.469. The van der Waals surface area contributed by atoms with E-state index in [1.165, 1.54) is 12.1 Å². The van der Waals surface area contributed by atoms with Crippen molar-refractivity contribution < 1.29 is 10.2 Å². The van der Waals surface area contributed by atoms with Gasteiger partial charge in [0, 0.05) is 15.2 Å². The zero-order chi connectivity index (χ0) is 9.42. The fourth-order valence-corrected chi connectivity index (χ4v) is 1.65. The minimum Gasteiger partial charge on any atom is -0.507 e. The summed E-state index contributed by atoms with van der Waals surface area (Å²) in [7, 11) is 0. The maximum absolute atomic E-state index is 9.49. The van der Waals surface area contributed by atoms with E-state index in [9.17, 15) is 10.2 Å². The first-order valence-electron chi connectivity index (χ1n) is 3.78. The zero-order valence-electron chi connectivity index (χ0n) is 6.66. The van der Waals surface area contributed by atoms with Crippen LogP contribution >= 0.6 is 15.9 Å². The van der Waals surface area contributed by atoms with Crippen LogP contribution in [0.25, 0.3) is 10.8 Å². The molecule has 0 atom stereocenters. The fraction of sp³-hybridized carbons (Fsp3) is 0. The number of hydrogen-bond acceptors (Lipinski definition) is 2. The predicted octanol–water partition coefficient (Wildman–Crippen LogP) is 3.01. The molecule has 0 spiro atoms. The van der Waals surface area contributed by atoms with E-state index in [2.05, 4.69) is 15.9 Å². The van der Waals surface area contributed by atoms with Crippen LogP contribution in [-0.4, -0.2) is 10.2 Å². The number of phenols is 2. The SMILES string of the molecule is Oc1ccc(O)c2cc(Br)ccc12. The van der Waals surface area contributed by atoms with Crippen LogP contribution in [0.1, 0.15) is 0 Å². The molecule has 2 nitrogen and oxygen atoms in total. The molecule has 2 rings (SSSR count). The lowest BCUT2D eigenvalue weighted by Gasteiger charge is -2.03. The Labute approximate surface area is 83.6 Å². The quantitative estimate of drug-likeness (QED) is 0.693. The summed E-state index contributed by atoms with van der Waals surface area (Å²) in [5.41, 5.74) is 0. The summed E-state index contributed by atoms with van der Waals surface area (Å²) in [6.07, 6.45) is 0. The van der Waals surface area contributed by atoms with E-state index in [1.54, 1.807) is 12.1 Å². The molecule has 0 aliphatic rings. The van der Waals surface area contributed by atoms with Gasteiger partial charge in [-0.2, -0.15) is 0 Å². The maximum atomic E-state index is 9.49. The van der Waals surface area contributed by atoms with Gasteiger partial charge in [-0.25, -0.2) is 0 Å². The molecule has 66 valence electrons. The first-order chi connectivity index (χ1) is 6.18. The number of benzene rings is 2. The van der Waals surface area contributed by atoms with Gasteiger partial charge in [-0.05, 0) is 30.3 Å². The molecule has 0 bridgehead atoms. The van der Waals surface area contributed by atoms with Crippen molar-refractivity contribution in [1.29, 1.82) is 0 Å². The van der Waals surface area contributed by atoms with Gasteiger partial charge < -0.3 is 10.2 Å². The van der Waals surface area contributed by atoms with Crippen LogP contribution in [0, 0.1) is 0 Å². The summed E-state index contributed by atoms with van der Waals surface area (Å²) < 4.78 is 0.876. The van der Waals surface area contributed by atoms with Crippen molar-refractivity contribution in [1.82, 2.24) is 0 Å². The third-order valence-corrected chi connectivity index (χ3v) is 2.43.